The number of hydrogen-bond donors (Lipinski definition) is 4. The summed E-state index contributed by atoms with van der Waals surface area (Å²) in [6.45, 7) is 1.39. The summed E-state index contributed by atoms with van der Waals surface area (Å²) in [6, 6.07) is 4.93. The van der Waals surface area contributed by atoms with Crippen LogP contribution >= 0.6 is 0 Å². The zero-order chi connectivity index (χ0) is 17.3. The lowest BCUT2D eigenvalue weighted by molar-refractivity contribution is -0.114. The Morgan fingerprint density at radius 2 is 2.00 bits per heavy atom. The van der Waals surface area contributed by atoms with Crippen molar-refractivity contribution in [3.63, 3.8) is 0 Å². The van der Waals surface area contributed by atoms with Crippen molar-refractivity contribution in [1.82, 2.24) is 0 Å². The van der Waals surface area contributed by atoms with Gasteiger partial charge in [-0.05, 0) is 43.9 Å². The van der Waals surface area contributed by atoms with Crippen LogP contribution < -0.4 is 21.7 Å². The molecule has 0 saturated heterocycles. The molecule has 8 nitrogen and oxygen atoms in total. The number of nitrogens with two attached hydrogens (primary N) is 2. The van der Waals surface area contributed by atoms with E-state index in [4.69, 9.17) is 11.5 Å². The summed E-state index contributed by atoms with van der Waals surface area (Å²) in [7, 11) is 0. The van der Waals surface area contributed by atoms with Gasteiger partial charge in [0.05, 0.1) is 5.69 Å². The van der Waals surface area contributed by atoms with Crippen LogP contribution in [0.2, 0.25) is 0 Å². The predicted octanol–water partition coefficient (Wildman–Crippen LogP) is 1.46. The van der Waals surface area contributed by atoms with Crippen molar-refractivity contribution in [3.05, 3.63) is 18.2 Å². The number of benzene rings is 1. The van der Waals surface area contributed by atoms with Gasteiger partial charge in [-0.1, -0.05) is 6.42 Å². The molecule has 1 fully saturated rings. The Balaban J connectivity index is 2.05. The maximum Gasteiger partial charge on any atom is 0.221 e. The topological polar surface area (TPSA) is 129 Å². The van der Waals surface area contributed by atoms with Gasteiger partial charge in [0, 0.05) is 12.6 Å². The number of amides is 1. The molecule has 0 unspecified atom stereocenters. The van der Waals surface area contributed by atoms with E-state index in [1.54, 1.807) is 12.1 Å². The fourth-order valence-corrected chi connectivity index (χ4v) is 3.45. The first kappa shape index (κ1) is 16.1. The number of guanidine groups is 2. The molecule has 1 heterocycles. The van der Waals surface area contributed by atoms with Crippen molar-refractivity contribution in [1.29, 1.82) is 0 Å². The number of phenols is 1. The highest BCUT2D eigenvalue weighted by Crippen LogP contribution is 2.41. The molecule has 0 atom stereocenters. The second-order valence-electron chi connectivity index (χ2n) is 6.20. The summed E-state index contributed by atoms with van der Waals surface area (Å²) in [5.74, 6) is 0.176. The number of carbonyl (C=O) groups is 1. The lowest BCUT2D eigenvalue weighted by Gasteiger charge is -2.45. The number of hydrogen-bond acceptors (Lipinski definition) is 7. The zero-order valence-corrected chi connectivity index (χ0v) is 13.6. The molecule has 3 rings (SSSR count). The van der Waals surface area contributed by atoms with Gasteiger partial charge in [-0.3, -0.25) is 9.69 Å². The largest absolute Gasteiger partial charge is 0.506 e. The number of nitrogens with zero attached hydrogens (tertiary/aromatic N) is 3. The van der Waals surface area contributed by atoms with Gasteiger partial charge in [-0.25, -0.2) is 4.99 Å². The molecule has 1 spiro atoms. The minimum absolute atomic E-state index is 0.0119. The average molecular weight is 330 g/mol. The smallest absolute Gasteiger partial charge is 0.221 e. The number of carbonyl (C=O) groups excluding carboxylic acids is 1. The van der Waals surface area contributed by atoms with Crippen molar-refractivity contribution < 1.29 is 9.90 Å². The van der Waals surface area contributed by atoms with Crippen LogP contribution in [0.1, 0.15) is 39.0 Å². The second kappa shape index (κ2) is 6.03. The van der Waals surface area contributed by atoms with Crippen LogP contribution in [0.4, 0.5) is 11.4 Å². The molecule has 1 aliphatic carbocycles. The standard InChI is InChI=1S/C16H22N6O2/c1-10(23)19-12-9-11(5-6-13(12)24)22-15(18)20-14(17)21-16(22)7-3-2-4-8-16/h5-6,9,24H,2-4,7-8H2,1H3,(H,19,23)(H4,17,18,20,21). The van der Waals surface area contributed by atoms with E-state index in [-0.39, 0.29) is 23.6 Å². The zero-order valence-electron chi connectivity index (χ0n) is 13.6. The van der Waals surface area contributed by atoms with Crippen molar-refractivity contribution in [3.8, 4) is 5.75 Å². The van der Waals surface area contributed by atoms with Gasteiger partial charge in [-0.2, -0.15) is 4.99 Å². The first-order valence-corrected chi connectivity index (χ1v) is 8.02. The van der Waals surface area contributed by atoms with Crippen LogP contribution in [0.3, 0.4) is 0 Å². The molecule has 1 aromatic rings. The molecular formula is C16H22N6O2. The predicted molar refractivity (Wildman–Crippen MR) is 94.0 cm³/mol. The van der Waals surface area contributed by atoms with Crippen molar-refractivity contribution in [2.75, 3.05) is 10.2 Å². The van der Waals surface area contributed by atoms with E-state index in [1.165, 1.54) is 13.0 Å². The average Bonchev–Trinajstić information content (AvgIpc) is 2.50. The van der Waals surface area contributed by atoms with Crippen LogP contribution in [-0.2, 0) is 4.79 Å². The molecule has 24 heavy (non-hydrogen) atoms. The fraction of sp³-hybridized carbons (Fsp3) is 0.438. The summed E-state index contributed by atoms with van der Waals surface area (Å²) in [5.41, 5.74) is 12.5. The SMILES string of the molecule is CC(=O)Nc1cc(N2C(N)=NC(N)=NC23CCCCC3)ccc1O. The van der Waals surface area contributed by atoms with Gasteiger partial charge in [-0.15, -0.1) is 0 Å². The minimum atomic E-state index is -0.557. The number of aromatic hydroxyl groups is 1. The fourth-order valence-electron chi connectivity index (χ4n) is 3.45. The molecule has 2 aliphatic rings. The van der Waals surface area contributed by atoms with Crippen LogP contribution in [0, 0.1) is 0 Å². The lowest BCUT2D eigenvalue weighted by atomic mass is 9.87. The molecule has 1 aliphatic heterocycles. The lowest BCUT2D eigenvalue weighted by Crippen LogP contribution is -2.58. The molecule has 0 bridgehead atoms. The van der Waals surface area contributed by atoms with Crippen LogP contribution in [0.5, 0.6) is 5.75 Å². The second-order valence-corrected chi connectivity index (χ2v) is 6.20. The first-order chi connectivity index (χ1) is 11.4. The third-order valence-electron chi connectivity index (χ3n) is 4.40. The molecule has 6 N–H and O–H groups in total. The molecule has 0 aromatic heterocycles. The first-order valence-electron chi connectivity index (χ1n) is 8.02. The van der Waals surface area contributed by atoms with Crippen molar-refractivity contribution in [2.24, 2.45) is 21.5 Å². The van der Waals surface area contributed by atoms with E-state index in [0.29, 0.717) is 11.4 Å². The number of anilines is 2. The van der Waals surface area contributed by atoms with Crippen molar-refractivity contribution in [2.45, 2.75) is 44.7 Å². The van der Waals surface area contributed by atoms with Gasteiger partial charge in [0.15, 0.2) is 0 Å². The molecule has 1 amide bonds. The summed E-state index contributed by atoms with van der Waals surface area (Å²) >= 11 is 0. The van der Waals surface area contributed by atoms with Gasteiger partial charge < -0.3 is 21.9 Å². The minimum Gasteiger partial charge on any atom is -0.506 e. The van der Waals surface area contributed by atoms with E-state index in [9.17, 15) is 9.90 Å². The molecule has 128 valence electrons. The van der Waals surface area contributed by atoms with Crippen molar-refractivity contribution >= 4 is 29.2 Å². The third-order valence-corrected chi connectivity index (χ3v) is 4.40. The Morgan fingerprint density at radius 3 is 2.67 bits per heavy atom. The highest BCUT2D eigenvalue weighted by molar-refractivity contribution is 6.06. The Kier molecular flexibility index (Phi) is 4.04. The summed E-state index contributed by atoms with van der Waals surface area (Å²) < 4.78 is 0. The number of rotatable bonds is 2. The van der Waals surface area contributed by atoms with E-state index in [0.717, 1.165) is 32.1 Å². The Morgan fingerprint density at radius 1 is 1.29 bits per heavy atom. The maximum atomic E-state index is 11.3. The van der Waals surface area contributed by atoms with E-state index in [2.05, 4.69) is 15.3 Å². The Hall–Kier alpha value is -2.77. The van der Waals surface area contributed by atoms with Gasteiger partial charge >= 0.3 is 0 Å². The summed E-state index contributed by atoms with van der Waals surface area (Å²) in [5, 5.41) is 12.6. The van der Waals surface area contributed by atoms with Gasteiger partial charge in [0.2, 0.25) is 17.8 Å². The quantitative estimate of drug-likeness (QED) is 0.610. The molecule has 1 saturated carbocycles. The number of aliphatic imine (C=N–C) groups is 2. The molecule has 8 heteroatoms. The van der Waals surface area contributed by atoms with Crippen LogP contribution in [0.15, 0.2) is 28.2 Å². The molecule has 0 radical (unpaired) electrons. The maximum absolute atomic E-state index is 11.3. The number of phenolic OH excluding ortho intramolecular Hbond substituents is 1. The number of nitrogens with one attached hydrogen (secondary N) is 1. The monoisotopic (exact) mass is 330 g/mol. The Bertz CT molecular complexity index is 721. The van der Waals surface area contributed by atoms with Crippen LogP contribution in [0.25, 0.3) is 0 Å². The molecule has 1 aromatic carbocycles. The molecular weight excluding hydrogens is 308 g/mol. The Labute approximate surface area is 140 Å². The highest BCUT2D eigenvalue weighted by Gasteiger charge is 2.42. The van der Waals surface area contributed by atoms with Crippen LogP contribution in [-0.4, -0.2) is 28.6 Å². The summed E-state index contributed by atoms with van der Waals surface area (Å²) in [4.78, 5) is 21.9. The van der Waals surface area contributed by atoms with E-state index in [1.807, 2.05) is 4.90 Å². The normalized spacial score (nSPS) is 19.6. The highest BCUT2D eigenvalue weighted by atomic mass is 16.3. The van der Waals surface area contributed by atoms with Gasteiger partial charge in [0.1, 0.15) is 11.4 Å². The van der Waals surface area contributed by atoms with Gasteiger partial charge in [0.25, 0.3) is 0 Å². The third kappa shape index (κ3) is 2.86. The van der Waals surface area contributed by atoms with E-state index < -0.39 is 5.66 Å². The van der Waals surface area contributed by atoms with E-state index >= 15 is 0 Å². The summed E-state index contributed by atoms with van der Waals surface area (Å²) in [6.07, 6.45) is 4.84.